The second-order valence-corrected chi connectivity index (χ2v) is 3.38. The monoisotopic (exact) mass is 197 g/mol. The van der Waals surface area contributed by atoms with Gasteiger partial charge in [0.25, 0.3) is 0 Å². The first-order valence-electron chi connectivity index (χ1n) is 4.83. The third-order valence-corrected chi connectivity index (χ3v) is 2.38. The van der Waals surface area contributed by atoms with Gasteiger partial charge in [0.15, 0.2) is 0 Å². The van der Waals surface area contributed by atoms with Crippen molar-refractivity contribution in [1.29, 1.82) is 5.26 Å². The minimum Gasteiger partial charge on any atom is -0.484 e. The molecule has 1 unspecified atom stereocenters. The molecule has 2 heteroatoms. The molecule has 0 fully saturated rings. The normalized spacial score (nSPS) is 19.5. The highest BCUT2D eigenvalue weighted by Crippen LogP contribution is 2.32. The molecule has 0 aliphatic carbocycles. The van der Waals surface area contributed by atoms with E-state index < -0.39 is 0 Å². The molecule has 1 atom stereocenters. The predicted molar refractivity (Wildman–Crippen MR) is 58.7 cm³/mol. The molecule has 0 amide bonds. The topological polar surface area (TPSA) is 33.0 Å². The number of ether oxygens (including phenoxy) is 1. The van der Waals surface area contributed by atoms with Crippen LogP contribution in [0.2, 0.25) is 0 Å². The zero-order valence-electron chi connectivity index (χ0n) is 8.31. The van der Waals surface area contributed by atoms with E-state index in [4.69, 9.17) is 10.00 Å². The van der Waals surface area contributed by atoms with Crippen LogP contribution in [0.5, 0.6) is 0 Å². The first-order valence-corrected chi connectivity index (χ1v) is 4.83. The van der Waals surface area contributed by atoms with Gasteiger partial charge in [-0.05, 0) is 0 Å². The molecule has 1 aliphatic rings. The zero-order valence-corrected chi connectivity index (χ0v) is 8.31. The molecule has 1 heterocycles. The fourth-order valence-corrected chi connectivity index (χ4v) is 1.62. The van der Waals surface area contributed by atoms with Crippen LogP contribution in [-0.4, -0.2) is 6.10 Å². The fraction of sp³-hybridized carbons (Fsp3) is 0.154. The van der Waals surface area contributed by atoms with Gasteiger partial charge in [0.05, 0.1) is 11.6 Å². The Morgan fingerprint density at radius 1 is 1.40 bits per heavy atom. The lowest BCUT2D eigenvalue weighted by Crippen LogP contribution is -2.00. The van der Waals surface area contributed by atoms with Crippen LogP contribution in [0.4, 0.5) is 0 Å². The minimum absolute atomic E-state index is 0.0603. The van der Waals surface area contributed by atoms with E-state index in [0.29, 0.717) is 17.8 Å². The maximum absolute atomic E-state index is 8.99. The molecule has 15 heavy (non-hydrogen) atoms. The first-order chi connectivity index (χ1) is 7.35. The van der Waals surface area contributed by atoms with E-state index >= 15 is 0 Å². The Kier molecular flexibility index (Phi) is 2.55. The fourth-order valence-electron chi connectivity index (χ4n) is 1.62. The Hall–Kier alpha value is -2.01. The zero-order chi connectivity index (χ0) is 10.7. The second kappa shape index (κ2) is 4.02. The lowest BCUT2D eigenvalue weighted by molar-refractivity contribution is 0.237. The van der Waals surface area contributed by atoms with Crippen molar-refractivity contribution in [2.75, 3.05) is 0 Å². The molecule has 1 aromatic carbocycles. The van der Waals surface area contributed by atoms with Crippen molar-refractivity contribution in [2.45, 2.75) is 12.5 Å². The lowest BCUT2D eigenvalue weighted by Gasteiger charge is -2.08. The summed E-state index contributed by atoms with van der Waals surface area (Å²) in [5.74, 6) is 0.697. The molecule has 0 aromatic heterocycles. The molecule has 0 N–H and O–H groups in total. The van der Waals surface area contributed by atoms with Gasteiger partial charge in [0.2, 0.25) is 0 Å². The summed E-state index contributed by atoms with van der Waals surface area (Å²) < 4.78 is 5.64. The van der Waals surface area contributed by atoms with Crippen molar-refractivity contribution in [1.82, 2.24) is 0 Å². The maximum atomic E-state index is 8.99. The van der Waals surface area contributed by atoms with Crippen molar-refractivity contribution in [3.05, 3.63) is 54.1 Å². The second-order valence-electron chi connectivity index (χ2n) is 3.38. The Bertz CT molecular complexity index is 439. The summed E-state index contributed by atoms with van der Waals surface area (Å²) in [5.41, 5.74) is 1.66. The molecule has 0 bridgehead atoms. The highest BCUT2D eigenvalue weighted by molar-refractivity contribution is 5.68. The van der Waals surface area contributed by atoms with Crippen LogP contribution in [0.3, 0.4) is 0 Å². The quantitative estimate of drug-likeness (QED) is 0.683. The SMILES string of the molecule is C=CC1CC(C#N)=C(c2ccccc2)O1. The summed E-state index contributed by atoms with van der Waals surface area (Å²) in [7, 11) is 0. The van der Waals surface area contributed by atoms with Gasteiger partial charge in [-0.15, -0.1) is 0 Å². The summed E-state index contributed by atoms with van der Waals surface area (Å²) >= 11 is 0. The summed E-state index contributed by atoms with van der Waals surface area (Å²) in [6, 6.07) is 11.9. The van der Waals surface area contributed by atoms with E-state index in [-0.39, 0.29) is 6.10 Å². The number of nitriles is 1. The van der Waals surface area contributed by atoms with Crippen LogP contribution < -0.4 is 0 Å². The van der Waals surface area contributed by atoms with Gasteiger partial charge < -0.3 is 4.74 Å². The van der Waals surface area contributed by atoms with Crippen LogP contribution >= 0.6 is 0 Å². The number of benzene rings is 1. The largest absolute Gasteiger partial charge is 0.484 e. The average molecular weight is 197 g/mol. The average Bonchev–Trinajstić information content (AvgIpc) is 2.73. The third-order valence-electron chi connectivity index (χ3n) is 2.38. The first kappa shape index (κ1) is 9.54. The molecule has 1 aromatic rings. The number of rotatable bonds is 2. The Labute approximate surface area is 89.1 Å². The predicted octanol–water partition coefficient (Wildman–Crippen LogP) is 2.90. The van der Waals surface area contributed by atoms with Gasteiger partial charge in [-0.3, -0.25) is 0 Å². The molecular formula is C13H11NO. The van der Waals surface area contributed by atoms with Gasteiger partial charge in [-0.25, -0.2) is 0 Å². The van der Waals surface area contributed by atoms with E-state index in [1.54, 1.807) is 6.08 Å². The highest BCUT2D eigenvalue weighted by Gasteiger charge is 2.24. The molecule has 2 nitrogen and oxygen atoms in total. The van der Waals surface area contributed by atoms with E-state index in [9.17, 15) is 0 Å². The molecule has 1 aliphatic heterocycles. The van der Waals surface area contributed by atoms with Gasteiger partial charge in [0, 0.05) is 12.0 Å². The third kappa shape index (κ3) is 1.77. The molecule has 0 saturated carbocycles. The molecule has 74 valence electrons. The van der Waals surface area contributed by atoms with E-state index in [1.165, 1.54) is 0 Å². The summed E-state index contributed by atoms with van der Waals surface area (Å²) in [6.07, 6.45) is 2.30. The van der Waals surface area contributed by atoms with Gasteiger partial charge in [-0.2, -0.15) is 5.26 Å². The molecule has 0 saturated heterocycles. The van der Waals surface area contributed by atoms with Crippen molar-refractivity contribution in [2.24, 2.45) is 0 Å². The molecule has 2 rings (SSSR count). The van der Waals surface area contributed by atoms with Crippen LogP contribution in [0, 0.1) is 11.3 Å². The number of hydrogen-bond donors (Lipinski definition) is 0. The van der Waals surface area contributed by atoms with Crippen molar-refractivity contribution in [3.8, 4) is 6.07 Å². The Morgan fingerprint density at radius 2 is 2.13 bits per heavy atom. The standard InChI is InChI=1S/C13H11NO/c1-2-12-8-11(9-14)13(15-12)10-6-4-3-5-7-10/h2-7,12H,1,8H2. The van der Waals surface area contributed by atoms with Crippen molar-refractivity contribution in [3.63, 3.8) is 0 Å². The molecular weight excluding hydrogens is 186 g/mol. The number of hydrogen-bond acceptors (Lipinski definition) is 2. The van der Waals surface area contributed by atoms with E-state index in [2.05, 4.69) is 12.6 Å². The Morgan fingerprint density at radius 3 is 2.73 bits per heavy atom. The van der Waals surface area contributed by atoms with Crippen LogP contribution in [0.25, 0.3) is 5.76 Å². The van der Waals surface area contributed by atoms with Gasteiger partial charge >= 0.3 is 0 Å². The van der Waals surface area contributed by atoms with E-state index in [0.717, 1.165) is 5.56 Å². The Balaban J connectivity index is 2.36. The summed E-state index contributed by atoms with van der Waals surface area (Å²) in [4.78, 5) is 0. The smallest absolute Gasteiger partial charge is 0.141 e. The van der Waals surface area contributed by atoms with E-state index in [1.807, 2.05) is 30.3 Å². The molecule has 0 spiro atoms. The number of nitrogens with zero attached hydrogens (tertiary/aromatic N) is 1. The van der Waals surface area contributed by atoms with Crippen molar-refractivity contribution >= 4 is 5.76 Å². The van der Waals surface area contributed by atoms with Crippen molar-refractivity contribution < 1.29 is 4.74 Å². The van der Waals surface area contributed by atoms with Gasteiger partial charge in [0.1, 0.15) is 11.9 Å². The summed E-state index contributed by atoms with van der Waals surface area (Å²) in [5, 5.41) is 8.99. The van der Waals surface area contributed by atoms with Crippen LogP contribution in [0.15, 0.2) is 48.6 Å². The minimum atomic E-state index is -0.0603. The van der Waals surface area contributed by atoms with Crippen LogP contribution in [-0.2, 0) is 4.74 Å². The highest BCUT2D eigenvalue weighted by atomic mass is 16.5. The molecule has 0 radical (unpaired) electrons. The van der Waals surface area contributed by atoms with Gasteiger partial charge in [-0.1, -0.05) is 43.0 Å². The van der Waals surface area contributed by atoms with Crippen LogP contribution in [0.1, 0.15) is 12.0 Å². The maximum Gasteiger partial charge on any atom is 0.141 e. The summed E-state index contributed by atoms with van der Waals surface area (Å²) in [6.45, 7) is 3.68. The lowest BCUT2D eigenvalue weighted by atomic mass is 10.1.